The van der Waals surface area contributed by atoms with E-state index in [0.717, 1.165) is 43.1 Å². The van der Waals surface area contributed by atoms with Gasteiger partial charge in [-0.3, -0.25) is 4.79 Å². The highest BCUT2D eigenvalue weighted by atomic mass is 16.2. The minimum Gasteiger partial charge on any atom is -0.355 e. The van der Waals surface area contributed by atoms with Gasteiger partial charge in [0, 0.05) is 25.1 Å². The van der Waals surface area contributed by atoms with Crippen LogP contribution < -0.4 is 10.2 Å². The molecule has 0 bridgehead atoms. The Hall–Kier alpha value is -4.08. The molecule has 4 heterocycles. The Bertz CT molecular complexity index is 1180. The van der Waals surface area contributed by atoms with Gasteiger partial charge in [-0.2, -0.15) is 10.2 Å². The van der Waals surface area contributed by atoms with Gasteiger partial charge in [-0.25, -0.2) is 14.3 Å². The van der Waals surface area contributed by atoms with Crippen LogP contribution in [0.15, 0.2) is 61.2 Å². The van der Waals surface area contributed by atoms with Gasteiger partial charge in [0.1, 0.15) is 18.5 Å². The molecular formula is C22H23N9O. The normalized spacial score (nSPS) is 14.5. The standard InChI is InChI=1S/C22H23N9O/c1-16-13-21(31(28-16)18-5-3-2-4-6-18)25-22(32)17-9-11-29(12-10-17)19-7-8-20(27-26-19)30-15-23-14-24-30/h2-8,13-15,17H,9-12H2,1H3,(H,25,32). The summed E-state index contributed by atoms with van der Waals surface area (Å²) in [7, 11) is 0. The first-order valence-corrected chi connectivity index (χ1v) is 10.5. The minimum atomic E-state index is -0.0620. The number of hydrogen-bond acceptors (Lipinski definition) is 7. The highest BCUT2D eigenvalue weighted by Gasteiger charge is 2.26. The van der Waals surface area contributed by atoms with Crippen LogP contribution in [0.3, 0.4) is 0 Å². The highest BCUT2D eigenvalue weighted by Crippen LogP contribution is 2.24. The Morgan fingerprint density at radius 1 is 1.03 bits per heavy atom. The third-order valence-electron chi connectivity index (χ3n) is 5.56. The molecule has 10 heteroatoms. The fourth-order valence-corrected chi connectivity index (χ4v) is 3.89. The first kappa shape index (κ1) is 19.9. The summed E-state index contributed by atoms with van der Waals surface area (Å²) >= 11 is 0. The van der Waals surface area contributed by atoms with E-state index in [9.17, 15) is 4.79 Å². The number of piperidine rings is 1. The number of nitrogens with zero attached hydrogens (tertiary/aromatic N) is 8. The fraction of sp³-hybridized carbons (Fsp3) is 0.273. The predicted molar refractivity (Wildman–Crippen MR) is 119 cm³/mol. The van der Waals surface area contributed by atoms with Crippen LogP contribution in [0.1, 0.15) is 18.5 Å². The highest BCUT2D eigenvalue weighted by molar-refractivity contribution is 5.92. The van der Waals surface area contributed by atoms with Gasteiger partial charge in [-0.05, 0) is 44.0 Å². The molecule has 0 unspecified atom stereocenters. The molecule has 3 aromatic heterocycles. The lowest BCUT2D eigenvalue weighted by Gasteiger charge is -2.31. The quantitative estimate of drug-likeness (QED) is 0.519. The molecule has 1 aliphatic heterocycles. The van der Waals surface area contributed by atoms with Crippen LogP contribution in [0, 0.1) is 12.8 Å². The lowest BCUT2D eigenvalue weighted by Crippen LogP contribution is -2.38. The molecule has 4 aromatic rings. The first-order valence-electron chi connectivity index (χ1n) is 10.5. The molecule has 32 heavy (non-hydrogen) atoms. The summed E-state index contributed by atoms with van der Waals surface area (Å²) in [6.07, 6.45) is 4.53. The van der Waals surface area contributed by atoms with Gasteiger partial charge < -0.3 is 10.2 Å². The Balaban J connectivity index is 1.21. The van der Waals surface area contributed by atoms with Crippen LogP contribution in [0.4, 0.5) is 11.6 Å². The number of benzene rings is 1. The molecule has 1 aromatic carbocycles. The molecule has 1 aliphatic rings. The van der Waals surface area contributed by atoms with E-state index >= 15 is 0 Å². The van der Waals surface area contributed by atoms with Crippen LogP contribution >= 0.6 is 0 Å². The van der Waals surface area contributed by atoms with Crippen molar-refractivity contribution in [2.24, 2.45) is 5.92 Å². The van der Waals surface area contributed by atoms with Crippen LogP contribution in [0.2, 0.25) is 0 Å². The number of hydrogen-bond donors (Lipinski definition) is 1. The molecule has 1 saturated heterocycles. The molecule has 1 fully saturated rings. The maximum absolute atomic E-state index is 13.0. The van der Waals surface area contributed by atoms with Crippen molar-refractivity contribution in [2.75, 3.05) is 23.3 Å². The summed E-state index contributed by atoms with van der Waals surface area (Å²) in [5.74, 6) is 2.06. The molecule has 0 atom stereocenters. The van der Waals surface area contributed by atoms with E-state index in [4.69, 9.17) is 0 Å². The van der Waals surface area contributed by atoms with E-state index < -0.39 is 0 Å². The van der Waals surface area contributed by atoms with Gasteiger partial charge >= 0.3 is 0 Å². The van der Waals surface area contributed by atoms with E-state index in [1.54, 1.807) is 15.7 Å². The topological polar surface area (TPSA) is 107 Å². The molecule has 0 radical (unpaired) electrons. The molecule has 0 aliphatic carbocycles. The van der Waals surface area contributed by atoms with E-state index in [1.165, 1.54) is 6.33 Å². The molecular weight excluding hydrogens is 406 g/mol. The lowest BCUT2D eigenvalue weighted by atomic mass is 9.96. The number of rotatable bonds is 5. The summed E-state index contributed by atoms with van der Waals surface area (Å²) in [5, 5.41) is 20.2. The number of carbonyl (C=O) groups excluding carboxylic acids is 1. The molecule has 0 spiro atoms. The summed E-state index contributed by atoms with van der Waals surface area (Å²) < 4.78 is 3.34. The summed E-state index contributed by atoms with van der Waals surface area (Å²) in [6.45, 7) is 3.40. The number of aromatic nitrogens is 7. The second-order valence-electron chi connectivity index (χ2n) is 7.76. The maximum Gasteiger partial charge on any atom is 0.228 e. The van der Waals surface area contributed by atoms with E-state index in [2.05, 4.69) is 35.6 Å². The Labute approximate surface area is 184 Å². The summed E-state index contributed by atoms with van der Waals surface area (Å²) in [6, 6.07) is 15.5. The van der Waals surface area contributed by atoms with Crippen molar-refractivity contribution in [2.45, 2.75) is 19.8 Å². The smallest absolute Gasteiger partial charge is 0.228 e. The summed E-state index contributed by atoms with van der Waals surface area (Å²) in [5.41, 5.74) is 1.77. The second kappa shape index (κ2) is 8.58. The number of aryl methyl sites for hydroxylation is 1. The molecule has 0 saturated carbocycles. The molecule has 1 amide bonds. The van der Waals surface area contributed by atoms with Gasteiger partial charge in [-0.15, -0.1) is 10.2 Å². The minimum absolute atomic E-state index is 0.0225. The first-order chi connectivity index (χ1) is 15.7. The van der Waals surface area contributed by atoms with Crippen LogP contribution in [-0.4, -0.2) is 53.7 Å². The maximum atomic E-state index is 13.0. The average Bonchev–Trinajstić information content (AvgIpc) is 3.50. The predicted octanol–water partition coefficient (Wildman–Crippen LogP) is 2.41. The van der Waals surface area contributed by atoms with E-state index in [0.29, 0.717) is 11.6 Å². The van der Waals surface area contributed by atoms with Gasteiger partial charge in [-0.1, -0.05) is 18.2 Å². The summed E-state index contributed by atoms with van der Waals surface area (Å²) in [4.78, 5) is 19.0. The lowest BCUT2D eigenvalue weighted by molar-refractivity contribution is -0.120. The SMILES string of the molecule is Cc1cc(NC(=O)C2CCN(c3ccc(-n4cncn4)nn3)CC2)n(-c2ccccc2)n1. The van der Waals surface area contributed by atoms with Crippen molar-refractivity contribution in [3.05, 3.63) is 66.9 Å². The number of nitrogens with one attached hydrogen (secondary N) is 1. The number of para-hydroxylation sites is 1. The molecule has 1 N–H and O–H groups in total. The molecule has 162 valence electrons. The van der Waals surface area contributed by atoms with Crippen molar-refractivity contribution in [3.63, 3.8) is 0 Å². The van der Waals surface area contributed by atoms with Crippen molar-refractivity contribution in [1.82, 2.24) is 34.7 Å². The monoisotopic (exact) mass is 429 g/mol. The molecule has 5 rings (SSSR count). The van der Waals surface area contributed by atoms with Crippen molar-refractivity contribution >= 4 is 17.5 Å². The third kappa shape index (κ3) is 4.07. The zero-order valence-corrected chi connectivity index (χ0v) is 17.7. The van der Waals surface area contributed by atoms with E-state index in [-0.39, 0.29) is 11.8 Å². The largest absolute Gasteiger partial charge is 0.355 e. The zero-order chi connectivity index (χ0) is 21.9. The van der Waals surface area contributed by atoms with Crippen LogP contribution in [-0.2, 0) is 4.79 Å². The third-order valence-corrected chi connectivity index (χ3v) is 5.56. The van der Waals surface area contributed by atoms with E-state index in [1.807, 2.05) is 55.5 Å². The van der Waals surface area contributed by atoms with Gasteiger partial charge in [0.2, 0.25) is 5.91 Å². The van der Waals surface area contributed by atoms with Gasteiger partial charge in [0.05, 0.1) is 11.4 Å². The van der Waals surface area contributed by atoms with Crippen molar-refractivity contribution in [3.8, 4) is 11.5 Å². The van der Waals surface area contributed by atoms with Gasteiger partial charge in [0.15, 0.2) is 11.6 Å². The van der Waals surface area contributed by atoms with Crippen molar-refractivity contribution < 1.29 is 4.79 Å². The Morgan fingerprint density at radius 3 is 2.47 bits per heavy atom. The van der Waals surface area contributed by atoms with Gasteiger partial charge in [0.25, 0.3) is 0 Å². The Kier molecular flexibility index (Phi) is 5.32. The molecule has 10 nitrogen and oxygen atoms in total. The number of anilines is 2. The number of carbonyl (C=O) groups is 1. The fourth-order valence-electron chi connectivity index (χ4n) is 3.89. The zero-order valence-electron chi connectivity index (χ0n) is 17.7. The van der Waals surface area contributed by atoms with Crippen LogP contribution in [0.5, 0.6) is 0 Å². The Morgan fingerprint density at radius 2 is 1.78 bits per heavy atom. The van der Waals surface area contributed by atoms with Crippen molar-refractivity contribution in [1.29, 1.82) is 0 Å². The van der Waals surface area contributed by atoms with Crippen LogP contribution in [0.25, 0.3) is 11.5 Å². The average molecular weight is 429 g/mol. The number of amides is 1. The second-order valence-corrected chi connectivity index (χ2v) is 7.76.